The zero-order valence-electron chi connectivity index (χ0n) is 43.6. The van der Waals surface area contributed by atoms with Gasteiger partial charge in [-0.25, -0.2) is 0 Å². The molecule has 73 heavy (non-hydrogen) atoms. The smallest absolute Gasteiger partial charge is 0.243 e. The molecule has 0 heterocycles. The van der Waals surface area contributed by atoms with Crippen LogP contribution in [-0.4, -0.2) is 146 Å². The first kappa shape index (κ1) is 69.3. The molecule has 25 N–H and O–H groups in total. The second kappa shape index (κ2) is 44.6. The summed E-state index contributed by atoms with van der Waals surface area (Å²) in [5.74, 6) is -2.94. The molecule has 8 atom stereocenters. The van der Waals surface area contributed by atoms with Crippen molar-refractivity contribution in [2.24, 2.45) is 51.6 Å². The predicted octanol–water partition coefficient (Wildman–Crippen LogP) is -2.30. The van der Waals surface area contributed by atoms with Gasteiger partial charge in [0.2, 0.25) is 45.1 Å². The summed E-state index contributed by atoms with van der Waals surface area (Å²) in [4.78, 5) is 104. The monoisotopic (exact) mass is 1150 g/mol. The molecule has 0 radical (unpaired) electrons. The Bertz CT molecular complexity index is 1570. The topological polar surface area (TPSA) is 455 Å². The Morgan fingerprint density at radius 3 is 0.836 bits per heavy atom. The quantitative estimate of drug-likeness (QED) is 0.0173. The Morgan fingerprint density at radius 2 is 0.521 bits per heavy atom. The molecule has 8 unspecified atom stereocenters. The van der Waals surface area contributed by atoms with E-state index in [1.807, 2.05) is 0 Å². The van der Waals surface area contributed by atoms with Crippen LogP contribution in [0.15, 0.2) is 0 Å². The molecule has 0 fully saturated rings. The molecule has 0 rings (SSSR count). The Balaban J connectivity index is 5.30. The molecule has 0 spiro atoms. The third-order valence-corrected chi connectivity index (χ3v) is 13.1. The first-order chi connectivity index (χ1) is 35.0. The van der Waals surface area contributed by atoms with Crippen molar-refractivity contribution in [3.63, 3.8) is 0 Å². The maximum absolute atomic E-state index is 13.6. The molecule has 24 nitrogen and oxygen atoms in total. The molecule has 0 aromatic rings. The van der Waals surface area contributed by atoms with Crippen LogP contribution >= 0.6 is 22.6 Å². The van der Waals surface area contributed by atoms with Crippen LogP contribution in [0.3, 0.4) is 0 Å². The Morgan fingerprint density at radius 1 is 0.288 bits per heavy atom. The predicted molar refractivity (Wildman–Crippen MR) is 294 cm³/mol. The fourth-order valence-electron chi connectivity index (χ4n) is 7.64. The van der Waals surface area contributed by atoms with E-state index in [9.17, 15) is 38.4 Å². The lowest BCUT2D eigenvalue weighted by molar-refractivity contribution is -0.131. The van der Waals surface area contributed by atoms with Gasteiger partial charge in [0.15, 0.2) is 0 Å². The van der Waals surface area contributed by atoms with Crippen LogP contribution in [-0.2, 0) is 38.4 Å². The summed E-state index contributed by atoms with van der Waals surface area (Å²) < 4.78 is -0.313. The van der Waals surface area contributed by atoms with Crippen LogP contribution in [0.1, 0.15) is 154 Å². The van der Waals surface area contributed by atoms with Gasteiger partial charge in [-0.05, 0) is 168 Å². The molecule has 0 aromatic heterocycles. The minimum Gasteiger partial charge on any atom is -0.355 e. The van der Waals surface area contributed by atoms with Crippen molar-refractivity contribution in [3.05, 3.63) is 0 Å². The third-order valence-electron chi connectivity index (χ3n) is 12.3. The molecule has 0 saturated carbocycles. The number of unbranched alkanes of at least 4 members (excludes halogenated alkanes) is 8. The van der Waals surface area contributed by atoms with E-state index in [0.717, 1.165) is 19.3 Å². The lowest BCUT2D eigenvalue weighted by Gasteiger charge is -2.23. The molecule has 0 aliphatic rings. The maximum Gasteiger partial charge on any atom is 0.243 e. The number of nitrogens with two attached hydrogens (primary N) is 9. The molecule has 7 amide bonds. The van der Waals surface area contributed by atoms with Crippen molar-refractivity contribution in [2.75, 3.05) is 52.4 Å². The first-order valence-corrected chi connectivity index (χ1v) is 27.8. The lowest BCUT2D eigenvalue weighted by Crippen LogP contribution is -2.54. The summed E-state index contributed by atoms with van der Waals surface area (Å²) in [6.45, 7) is 3.21. The second-order valence-corrected chi connectivity index (χ2v) is 19.8. The minimum absolute atomic E-state index is 0.226. The fourth-order valence-corrected chi connectivity index (χ4v) is 8.11. The molecule has 25 heteroatoms. The van der Waals surface area contributed by atoms with E-state index < -0.39 is 77.9 Å². The van der Waals surface area contributed by atoms with E-state index in [2.05, 4.69) is 37.2 Å². The third kappa shape index (κ3) is 34.5. The molecule has 0 aliphatic heterocycles. The van der Waals surface area contributed by atoms with Gasteiger partial charge in [-0.15, -0.1) is 0 Å². The first-order valence-electron chi connectivity index (χ1n) is 26.7. The number of carbonyl (C=O) groups excluding carboxylic acids is 8. The van der Waals surface area contributed by atoms with Crippen molar-refractivity contribution in [2.45, 2.75) is 202 Å². The van der Waals surface area contributed by atoms with E-state index in [1.165, 1.54) is 0 Å². The maximum atomic E-state index is 13.6. The van der Waals surface area contributed by atoms with Crippen LogP contribution in [0, 0.1) is 0 Å². The van der Waals surface area contributed by atoms with Gasteiger partial charge in [-0.2, -0.15) is 0 Å². The van der Waals surface area contributed by atoms with E-state index in [-0.39, 0.29) is 48.0 Å². The van der Waals surface area contributed by atoms with Crippen molar-refractivity contribution in [3.8, 4) is 0 Å². The van der Waals surface area contributed by atoms with Crippen LogP contribution < -0.4 is 88.8 Å². The highest BCUT2D eigenvalue weighted by molar-refractivity contribution is 14.1. The zero-order chi connectivity index (χ0) is 54.8. The average molecular weight is 1150 g/mol. The normalized spacial score (nSPS) is 14.5. The largest absolute Gasteiger partial charge is 0.355 e. The van der Waals surface area contributed by atoms with Crippen molar-refractivity contribution in [1.82, 2.24) is 37.2 Å². The van der Waals surface area contributed by atoms with Gasteiger partial charge in [0.25, 0.3) is 0 Å². The van der Waals surface area contributed by atoms with Crippen molar-refractivity contribution < 1.29 is 38.4 Å². The van der Waals surface area contributed by atoms with Gasteiger partial charge in [0.1, 0.15) is 18.1 Å². The summed E-state index contributed by atoms with van der Waals surface area (Å²) in [6.07, 6.45) is 12.6. The number of hydrogen-bond donors (Lipinski definition) is 16. The summed E-state index contributed by atoms with van der Waals surface area (Å²) in [6, 6.07) is -6.66. The van der Waals surface area contributed by atoms with E-state index in [1.54, 1.807) is 22.6 Å². The van der Waals surface area contributed by atoms with E-state index in [0.29, 0.717) is 155 Å². The number of carbonyl (C=O) groups is 8. The summed E-state index contributed by atoms with van der Waals surface area (Å²) >= 11 is 1.62. The van der Waals surface area contributed by atoms with Crippen LogP contribution in [0.2, 0.25) is 0 Å². The van der Waals surface area contributed by atoms with E-state index >= 15 is 0 Å². The number of halogens is 1. The molecular weight excluding hydrogens is 1060 g/mol. The Labute approximate surface area is 447 Å². The summed E-state index contributed by atoms with van der Waals surface area (Å²) in [5, 5.41) is 19.6. The molecular formula is C48H97IN16O8. The average Bonchev–Trinajstić information content (AvgIpc) is 3.36. The lowest BCUT2D eigenvalue weighted by atomic mass is 10.0. The number of nitrogens with one attached hydrogen (secondary N) is 7. The van der Waals surface area contributed by atoms with Crippen LogP contribution in [0.25, 0.3) is 0 Å². The molecule has 0 bridgehead atoms. The molecule has 0 saturated heterocycles. The highest BCUT2D eigenvalue weighted by Crippen LogP contribution is 2.11. The zero-order valence-corrected chi connectivity index (χ0v) is 45.7. The minimum atomic E-state index is -0.983. The van der Waals surface area contributed by atoms with Gasteiger partial charge in [0, 0.05) is 42.2 Å². The number of rotatable bonds is 47. The molecule has 424 valence electrons. The van der Waals surface area contributed by atoms with Crippen molar-refractivity contribution in [1.29, 1.82) is 0 Å². The number of amides is 7. The van der Waals surface area contributed by atoms with Crippen LogP contribution in [0.5, 0.6) is 0 Å². The van der Waals surface area contributed by atoms with Gasteiger partial charge >= 0.3 is 0 Å². The molecule has 0 aromatic carbocycles. The van der Waals surface area contributed by atoms with Crippen LogP contribution in [0.4, 0.5) is 0 Å². The second-order valence-electron chi connectivity index (χ2n) is 18.8. The van der Waals surface area contributed by atoms with E-state index in [4.69, 9.17) is 51.6 Å². The van der Waals surface area contributed by atoms with Gasteiger partial charge in [-0.1, -0.05) is 19.3 Å². The highest BCUT2D eigenvalue weighted by Gasteiger charge is 2.28. The fraction of sp³-hybridized carbons (Fsp3) is 0.833. The highest BCUT2D eigenvalue weighted by atomic mass is 127. The summed E-state index contributed by atoms with van der Waals surface area (Å²) in [7, 11) is 0. The Kier molecular flexibility index (Phi) is 42.4. The Hall–Kier alpha value is -3.67. The SMILES string of the molecule is NCCCCC(N)C(=O)NCCCCC(NC(=O)C(N)CCCCN)C(=O)NCCCCC(NC(=O)C(CCCCN)NC(=O)C(N)CCCCNC(=O)C(CCCCN)NC(=O)C(N)CCCCN)C(=O)I. The number of hydrogen-bond acceptors (Lipinski definition) is 17. The van der Waals surface area contributed by atoms with Gasteiger partial charge in [0.05, 0.1) is 30.2 Å². The van der Waals surface area contributed by atoms with Crippen molar-refractivity contribution >= 4 is 67.7 Å². The standard InChI is InChI=1S/C48H97IN16O8/c49-41(66)37(21-7-15-32-61-47(72)39(64-44(69)35(57)19-3-11-27-52)24-8-16-30-59-42(67)33(55)17-1-9-25-50)62-48(73)40(23-5-13-29-54)65-45(70)36(58)20-6-14-31-60-46(71)38(22-4-12-28-53)63-43(68)34(56)18-2-10-26-51/h33-40H,1-32,50-58H2,(H,59,67)(H,60,71)(H,61,72)(H,62,73)(H,63,68)(H,64,69)(H,65,70). The summed E-state index contributed by atoms with van der Waals surface area (Å²) in [5.41, 5.74) is 52.4. The molecule has 0 aliphatic carbocycles. The van der Waals surface area contributed by atoms with Gasteiger partial charge < -0.3 is 88.8 Å². The van der Waals surface area contributed by atoms with Gasteiger partial charge in [-0.3, -0.25) is 38.4 Å².